The van der Waals surface area contributed by atoms with Crippen LogP contribution in [0.25, 0.3) is 0 Å². The van der Waals surface area contributed by atoms with Crippen LogP contribution < -0.4 is 5.32 Å². The predicted octanol–water partition coefficient (Wildman–Crippen LogP) is 3.24. The zero-order valence-electron chi connectivity index (χ0n) is 12.2. The minimum atomic E-state index is -0.755. The Kier molecular flexibility index (Phi) is 4.44. The van der Waals surface area contributed by atoms with Crippen molar-refractivity contribution in [2.75, 3.05) is 6.54 Å². The highest BCUT2D eigenvalue weighted by Crippen LogP contribution is 2.45. The minimum absolute atomic E-state index is 0.0849. The zero-order valence-corrected chi connectivity index (χ0v) is 12.2. The minimum Gasteiger partial charge on any atom is -0.355 e. The van der Waals surface area contributed by atoms with Crippen LogP contribution in [-0.2, 0) is 4.79 Å². The molecule has 106 valence electrons. The van der Waals surface area contributed by atoms with Crippen LogP contribution in [-0.4, -0.2) is 12.5 Å². The van der Waals surface area contributed by atoms with E-state index in [-0.39, 0.29) is 5.91 Å². The Labute approximate surface area is 121 Å². The maximum absolute atomic E-state index is 12.1. The van der Waals surface area contributed by atoms with E-state index in [2.05, 4.69) is 37.4 Å². The molecule has 3 nitrogen and oxygen atoms in total. The number of hydrogen-bond acceptors (Lipinski definition) is 2. The van der Waals surface area contributed by atoms with Gasteiger partial charge in [0.1, 0.15) is 5.41 Å². The first-order valence-electron chi connectivity index (χ1n) is 7.32. The lowest BCUT2D eigenvalue weighted by molar-refractivity contribution is -0.133. The van der Waals surface area contributed by atoms with Gasteiger partial charge in [-0.25, -0.2) is 0 Å². The fourth-order valence-electron chi connectivity index (χ4n) is 2.98. The van der Waals surface area contributed by atoms with Gasteiger partial charge in [0, 0.05) is 6.54 Å². The molecule has 0 spiro atoms. The summed E-state index contributed by atoms with van der Waals surface area (Å²) < 4.78 is 0. The zero-order chi connectivity index (χ0) is 14.6. The van der Waals surface area contributed by atoms with Crippen LogP contribution in [0.4, 0.5) is 0 Å². The predicted molar refractivity (Wildman–Crippen MR) is 78.9 cm³/mol. The van der Waals surface area contributed by atoms with Gasteiger partial charge in [0.2, 0.25) is 5.91 Å². The van der Waals surface area contributed by atoms with Gasteiger partial charge in [-0.05, 0) is 36.7 Å². The van der Waals surface area contributed by atoms with Gasteiger partial charge >= 0.3 is 0 Å². The summed E-state index contributed by atoms with van der Waals surface area (Å²) in [5.41, 5.74) is 0.532. The number of carbonyl (C=O) groups excluding carboxylic acids is 1. The quantitative estimate of drug-likeness (QED) is 0.893. The second-order valence-electron chi connectivity index (χ2n) is 6.06. The fraction of sp³-hybridized carbons (Fsp3) is 0.529. The lowest BCUT2D eigenvalue weighted by atomic mass is 9.63. The standard InChI is InChI=1S/C17H22N2O/c1-13-10-17(11-13,12-18)16(20)19-9-8-14(2)15-6-4-3-5-7-15/h3-7,13-14H,8-11H2,1-2H3,(H,19,20). The van der Waals surface area contributed by atoms with Crippen molar-refractivity contribution >= 4 is 5.91 Å². The molecule has 2 rings (SSSR count). The number of nitrogens with zero attached hydrogens (tertiary/aromatic N) is 1. The van der Waals surface area contributed by atoms with Gasteiger partial charge in [-0.2, -0.15) is 5.26 Å². The van der Waals surface area contributed by atoms with Gasteiger partial charge in [-0.1, -0.05) is 44.2 Å². The summed E-state index contributed by atoms with van der Waals surface area (Å²) in [4.78, 5) is 12.1. The van der Waals surface area contributed by atoms with Gasteiger partial charge in [0.05, 0.1) is 6.07 Å². The molecule has 1 aliphatic carbocycles. The Morgan fingerprint density at radius 3 is 2.65 bits per heavy atom. The topological polar surface area (TPSA) is 52.9 Å². The number of nitrogens with one attached hydrogen (secondary N) is 1. The Bertz CT molecular complexity index is 497. The highest BCUT2D eigenvalue weighted by Gasteiger charge is 2.48. The second-order valence-corrected chi connectivity index (χ2v) is 6.06. The molecule has 20 heavy (non-hydrogen) atoms. The molecule has 1 amide bonds. The number of hydrogen-bond donors (Lipinski definition) is 1. The first-order valence-corrected chi connectivity index (χ1v) is 7.32. The van der Waals surface area contributed by atoms with E-state index in [1.807, 2.05) is 18.2 Å². The van der Waals surface area contributed by atoms with Crippen molar-refractivity contribution in [3.8, 4) is 6.07 Å². The average molecular weight is 270 g/mol. The van der Waals surface area contributed by atoms with E-state index in [1.54, 1.807) is 0 Å². The Morgan fingerprint density at radius 2 is 2.10 bits per heavy atom. The molecule has 1 atom stereocenters. The van der Waals surface area contributed by atoms with Crippen molar-refractivity contribution in [1.29, 1.82) is 5.26 Å². The number of benzene rings is 1. The van der Waals surface area contributed by atoms with E-state index in [0.717, 1.165) is 6.42 Å². The largest absolute Gasteiger partial charge is 0.355 e. The summed E-state index contributed by atoms with van der Waals surface area (Å²) in [7, 11) is 0. The first kappa shape index (κ1) is 14.6. The number of carbonyl (C=O) groups is 1. The van der Waals surface area contributed by atoms with E-state index in [9.17, 15) is 10.1 Å². The maximum atomic E-state index is 12.1. The molecule has 1 aromatic rings. The third-order valence-electron chi connectivity index (χ3n) is 4.27. The average Bonchev–Trinajstić information content (AvgIpc) is 2.44. The molecule has 1 saturated carbocycles. The molecule has 0 aromatic heterocycles. The fourth-order valence-corrected chi connectivity index (χ4v) is 2.98. The Balaban J connectivity index is 1.79. The van der Waals surface area contributed by atoms with Crippen molar-refractivity contribution in [2.45, 2.75) is 39.0 Å². The monoisotopic (exact) mass is 270 g/mol. The van der Waals surface area contributed by atoms with Crippen molar-refractivity contribution in [1.82, 2.24) is 5.32 Å². The van der Waals surface area contributed by atoms with Crippen molar-refractivity contribution in [2.24, 2.45) is 11.3 Å². The molecule has 0 radical (unpaired) electrons. The Hall–Kier alpha value is -1.82. The maximum Gasteiger partial charge on any atom is 0.240 e. The summed E-state index contributed by atoms with van der Waals surface area (Å²) in [5, 5.41) is 12.1. The van der Waals surface area contributed by atoms with E-state index >= 15 is 0 Å². The van der Waals surface area contributed by atoms with Gasteiger partial charge in [0.15, 0.2) is 0 Å². The van der Waals surface area contributed by atoms with E-state index in [0.29, 0.717) is 31.2 Å². The van der Waals surface area contributed by atoms with Gasteiger partial charge in [-0.15, -0.1) is 0 Å². The van der Waals surface area contributed by atoms with Crippen LogP contribution in [0.5, 0.6) is 0 Å². The van der Waals surface area contributed by atoms with E-state index in [1.165, 1.54) is 5.56 Å². The molecular formula is C17H22N2O. The molecule has 1 unspecified atom stereocenters. The Morgan fingerprint density at radius 1 is 1.45 bits per heavy atom. The van der Waals surface area contributed by atoms with Crippen LogP contribution in [0, 0.1) is 22.7 Å². The lowest BCUT2D eigenvalue weighted by Crippen LogP contribution is -2.48. The summed E-state index contributed by atoms with van der Waals surface area (Å²) in [6.07, 6.45) is 2.29. The van der Waals surface area contributed by atoms with E-state index < -0.39 is 5.41 Å². The third kappa shape index (κ3) is 3.01. The SMILES string of the molecule is CC1CC(C#N)(C(=O)NCCC(C)c2ccccc2)C1. The second kappa shape index (κ2) is 6.09. The highest BCUT2D eigenvalue weighted by molar-refractivity contribution is 5.86. The summed E-state index contributed by atoms with van der Waals surface area (Å²) in [6, 6.07) is 12.5. The molecular weight excluding hydrogens is 248 g/mol. The third-order valence-corrected chi connectivity index (χ3v) is 4.27. The van der Waals surface area contributed by atoms with Crippen LogP contribution in [0.2, 0.25) is 0 Å². The van der Waals surface area contributed by atoms with E-state index in [4.69, 9.17) is 0 Å². The number of amides is 1. The molecule has 3 heteroatoms. The first-order chi connectivity index (χ1) is 9.57. The van der Waals surface area contributed by atoms with Crippen molar-refractivity contribution in [3.05, 3.63) is 35.9 Å². The smallest absolute Gasteiger partial charge is 0.240 e. The van der Waals surface area contributed by atoms with Gasteiger partial charge < -0.3 is 5.32 Å². The van der Waals surface area contributed by atoms with Gasteiger partial charge in [-0.3, -0.25) is 4.79 Å². The molecule has 1 N–H and O–H groups in total. The van der Waals surface area contributed by atoms with Crippen molar-refractivity contribution in [3.63, 3.8) is 0 Å². The van der Waals surface area contributed by atoms with Gasteiger partial charge in [0.25, 0.3) is 0 Å². The molecule has 1 fully saturated rings. The van der Waals surface area contributed by atoms with Crippen molar-refractivity contribution < 1.29 is 4.79 Å². The summed E-state index contributed by atoms with van der Waals surface area (Å²) in [5.74, 6) is 0.817. The van der Waals surface area contributed by atoms with Crippen LogP contribution in [0.3, 0.4) is 0 Å². The molecule has 0 bridgehead atoms. The van der Waals surface area contributed by atoms with Crippen LogP contribution >= 0.6 is 0 Å². The lowest BCUT2D eigenvalue weighted by Gasteiger charge is -2.39. The molecule has 0 aliphatic heterocycles. The molecule has 0 saturated heterocycles. The summed E-state index contributed by atoms with van der Waals surface area (Å²) >= 11 is 0. The summed E-state index contributed by atoms with van der Waals surface area (Å²) in [6.45, 7) is 4.88. The molecule has 0 heterocycles. The normalized spacial score (nSPS) is 26.1. The number of rotatable bonds is 5. The van der Waals surface area contributed by atoms with Crippen LogP contribution in [0.1, 0.15) is 44.6 Å². The number of nitriles is 1. The molecule has 1 aliphatic rings. The highest BCUT2D eigenvalue weighted by atomic mass is 16.2. The van der Waals surface area contributed by atoms with Crippen LogP contribution in [0.15, 0.2) is 30.3 Å². The molecule has 1 aromatic carbocycles.